The number of nitrogens with two attached hydrogens (primary N) is 1. The highest BCUT2D eigenvalue weighted by Gasteiger charge is 1.94. The molecule has 0 radical (unpaired) electrons. The lowest BCUT2D eigenvalue weighted by molar-refractivity contribution is 1.18. The van der Waals surface area contributed by atoms with E-state index in [1.165, 1.54) is 0 Å². The van der Waals surface area contributed by atoms with E-state index in [0.717, 1.165) is 5.69 Å². The van der Waals surface area contributed by atoms with E-state index in [-0.39, 0.29) is 0 Å². The van der Waals surface area contributed by atoms with Gasteiger partial charge in [-0.15, -0.1) is 0 Å². The fraction of sp³-hybridized carbons (Fsp3) is 0.143. The van der Waals surface area contributed by atoms with E-state index in [1.807, 2.05) is 19.1 Å². The van der Waals surface area contributed by atoms with Crippen LogP contribution >= 0.6 is 12.2 Å². The first kappa shape index (κ1) is 7.15. The predicted octanol–water partition coefficient (Wildman–Crippen LogP) is 1.02. The van der Waals surface area contributed by atoms with Crippen LogP contribution in [0.25, 0.3) is 0 Å². The number of nitrogens with zero attached hydrogens (tertiary/aromatic N) is 1. The van der Waals surface area contributed by atoms with Crippen molar-refractivity contribution in [3.8, 4) is 0 Å². The van der Waals surface area contributed by atoms with E-state index in [2.05, 4.69) is 4.98 Å². The summed E-state index contributed by atoms with van der Waals surface area (Å²) in [5.41, 5.74) is 6.98. The van der Waals surface area contributed by atoms with E-state index in [4.69, 9.17) is 18.0 Å². The molecule has 0 aromatic carbocycles. The normalized spacial score (nSPS) is 9.30. The van der Waals surface area contributed by atoms with E-state index < -0.39 is 0 Å². The summed E-state index contributed by atoms with van der Waals surface area (Å²) in [6.45, 7) is 1.90. The second-order valence-corrected chi connectivity index (χ2v) is 2.47. The zero-order chi connectivity index (χ0) is 7.56. The number of hydrogen-bond acceptors (Lipinski definition) is 2. The summed E-state index contributed by atoms with van der Waals surface area (Å²) in [4.78, 5) is 4.46. The molecule has 0 aliphatic heterocycles. The molecule has 0 saturated carbocycles. The Kier molecular flexibility index (Phi) is 1.97. The van der Waals surface area contributed by atoms with Gasteiger partial charge >= 0.3 is 0 Å². The minimum atomic E-state index is 0.351. The van der Waals surface area contributed by atoms with Crippen LogP contribution in [0, 0.1) is 6.92 Å². The van der Waals surface area contributed by atoms with Gasteiger partial charge in [-0.2, -0.15) is 0 Å². The molecule has 0 fully saturated rings. The monoisotopic (exact) mass is 152 g/mol. The first-order valence-corrected chi connectivity index (χ1v) is 3.34. The molecule has 52 valence electrons. The first-order valence-electron chi connectivity index (χ1n) is 2.93. The van der Waals surface area contributed by atoms with Crippen molar-refractivity contribution in [3.05, 3.63) is 29.6 Å². The smallest absolute Gasteiger partial charge is 0.122 e. The number of rotatable bonds is 1. The second-order valence-electron chi connectivity index (χ2n) is 2.03. The third kappa shape index (κ3) is 1.51. The van der Waals surface area contributed by atoms with Crippen molar-refractivity contribution in [1.82, 2.24) is 4.98 Å². The molecule has 1 heterocycles. The average molecular weight is 152 g/mol. The van der Waals surface area contributed by atoms with Gasteiger partial charge in [-0.05, 0) is 19.1 Å². The molecular weight excluding hydrogens is 144 g/mol. The van der Waals surface area contributed by atoms with Crippen molar-refractivity contribution in [3.63, 3.8) is 0 Å². The predicted molar refractivity (Wildman–Crippen MR) is 44.9 cm³/mol. The van der Waals surface area contributed by atoms with Crippen molar-refractivity contribution in [2.24, 2.45) is 5.73 Å². The van der Waals surface area contributed by atoms with Gasteiger partial charge < -0.3 is 5.73 Å². The van der Waals surface area contributed by atoms with Crippen LogP contribution in [-0.2, 0) is 0 Å². The molecular formula is C7H8N2S. The Labute approximate surface area is 65.1 Å². The summed E-state index contributed by atoms with van der Waals surface area (Å²) in [6.07, 6.45) is 0. The third-order valence-corrected chi connectivity index (χ3v) is 1.35. The molecule has 1 aromatic rings. The second kappa shape index (κ2) is 2.75. The molecule has 0 atom stereocenters. The molecule has 2 N–H and O–H groups in total. The van der Waals surface area contributed by atoms with Crippen LogP contribution in [0.3, 0.4) is 0 Å². The van der Waals surface area contributed by atoms with Crippen LogP contribution in [0.4, 0.5) is 0 Å². The fourth-order valence-corrected chi connectivity index (χ4v) is 0.794. The average Bonchev–Trinajstić information content (AvgIpc) is 1.88. The largest absolute Gasteiger partial charge is 0.388 e. The number of hydrogen-bond donors (Lipinski definition) is 1. The number of aromatic nitrogens is 1. The van der Waals surface area contributed by atoms with Crippen LogP contribution in [0.15, 0.2) is 18.2 Å². The summed E-state index contributed by atoms with van der Waals surface area (Å²) < 4.78 is 0. The molecule has 0 aliphatic carbocycles. The Morgan fingerprint density at radius 1 is 1.60 bits per heavy atom. The molecule has 0 aliphatic rings. The van der Waals surface area contributed by atoms with Crippen LogP contribution < -0.4 is 5.73 Å². The lowest BCUT2D eigenvalue weighted by atomic mass is 10.3. The third-order valence-electron chi connectivity index (χ3n) is 1.14. The van der Waals surface area contributed by atoms with Crippen LogP contribution in [-0.4, -0.2) is 9.97 Å². The summed E-state index contributed by atoms with van der Waals surface area (Å²) >= 11 is 4.74. The van der Waals surface area contributed by atoms with Crippen LogP contribution in [0.1, 0.15) is 11.4 Å². The molecule has 1 aromatic heterocycles. The molecule has 0 saturated heterocycles. The van der Waals surface area contributed by atoms with Crippen molar-refractivity contribution in [1.29, 1.82) is 0 Å². The number of aryl methyl sites for hydroxylation is 1. The minimum Gasteiger partial charge on any atom is -0.388 e. The molecule has 2 nitrogen and oxygen atoms in total. The molecule has 0 amide bonds. The van der Waals surface area contributed by atoms with Crippen molar-refractivity contribution in [2.75, 3.05) is 0 Å². The zero-order valence-electron chi connectivity index (χ0n) is 5.66. The van der Waals surface area contributed by atoms with E-state index in [9.17, 15) is 0 Å². The highest BCUT2D eigenvalue weighted by atomic mass is 32.1. The molecule has 0 bridgehead atoms. The Balaban J connectivity index is 3.07. The van der Waals surface area contributed by atoms with Gasteiger partial charge in [0.2, 0.25) is 0 Å². The maximum atomic E-state index is 5.35. The van der Waals surface area contributed by atoms with Crippen molar-refractivity contribution >= 4 is 17.2 Å². The Morgan fingerprint density at radius 2 is 2.30 bits per heavy atom. The molecule has 0 spiro atoms. The van der Waals surface area contributed by atoms with E-state index in [0.29, 0.717) is 10.7 Å². The van der Waals surface area contributed by atoms with Gasteiger partial charge in [0.1, 0.15) is 4.99 Å². The molecule has 1 rings (SSSR count). The van der Waals surface area contributed by atoms with Gasteiger partial charge in [-0.3, -0.25) is 4.98 Å². The zero-order valence-corrected chi connectivity index (χ0v) is 6.48. The Hall–Kier alpha value is -0.960. The molecule has 0 unspecified atom stereocenters. The Bertz CT molecular complexity index is 258. The quantitative estimate of drug-likeness (QED) is 0.611. The number of thiocarbonyl (C=S) groups is 1. The highest BCUT2D eigenvalue weighted by molar-refractivity contribution is 7.80. The van der Waals surface area contributed by atoms with Crippen LogP contribution in [0.2, 0.25) is 0 Å². The van der Waals surface area contributed by atoms with Gasteiger partial charge in [0.25, 0.3) is 0 Å². The molecule has 3 heteroatoms. The summed E-state index contributed by atoms with van der Waals surface area (Å²) in [5, 5.41) is 0. The van der Waals surface area contributed by atoms with Gasteiger partial charge in [0, 0.05) is 5.69 Å². The minimum absolute atomic E-state index is 0.351. The SMILES string of the molecule is Cc1cccc(C(N)=S)n1. The van der Waals surface area contributed by atoms with Gasteiger partial charge in [0.15, 0.2) is 0 Å². The Morgan fingerprint density at radius 3 is 2.70 bits per heavy atom. The van der Waals surface area contributed by atoms with E-state index >= 15 is 0 Å². The van der Waals surface area contributed by atoms with Crippen molar-refractivity contribution in [2.45, 2.75) is 6.92 Å². The lowest BCUT2D eigenvalue weighted by Crippen LogP contribution is -2.11. The maximum Gasteiger partial charge on any atom is 0.122 e. The van der Waals surface area contributed by atoms with Crippen molar-refractivity contribution < 1.29 is 0 Å². The first-order chi connectivity index (χ1) is 4.70. The van der Waals surface area contributed by atoms with Gasteiger partial charge in [-0.1, -0.05) is 18.3 Å². The fourth-order valence-electron chi connectivity index (χ4n) is 0.680. The summed E-state index contributed by atoms with van der Waals surface area (Å²) in [5.74, 6) is 0. The number of pyridine rings is 1. The van der Waals surface area contributed by atoms with Gasteiger partial charge in [0.05, 0.1) is 5.69 Å². The van der Waals surface area contributed by atoms with E-state index in [1.54, 1.807) is 6.07 Å². The highest BCUT2D eigenvalue weighted by Crippen LogP contribution is 1.96. The summed E-state index contributed by atoms with van der Waals surface area (Å²) in [6, 6.07) is 5.59. The lowest BCUT2D eigenvalue weighted by Gasteiger charge is -1.96. The maximum absolute atomic E-state index is 5.35. The summed E-state index contributed by atoms with van der Waals surface area (Å²) in [7, 11) is 0. The van der Waals surface area contributed by atoms with Crippen LogP contribution in [0.5, 0.6) is 0 Å². The van der Waals surface area contributed by atoms with Gasteiger partial charge in [-0.25, -0.2) is 0 Å². The molecule has 10 heavy (non-hydrogen) atoms. The topological polar surface area (TPSA) is 38.9 Å². The standard InChI is InChI=1S/C7H8N2S/c1-5-3-2-4-6(9-5)7(8)10/h2-4H,1H3,(H2,8,10).